The second-order valence-corrected chi connectivity index (χ2v) is 7.88. The van der Waals surface area contributed by atoms with Crippen LogP contribution in [0.25, 0.3) is 5.69 Å². The number of carbonyl (C=O) groups excluding carboxylic acids is 1. The Kier molecular flexibility index (Phi) is 5.60. The molecule has 29 heavy (non-hydrogen) atoms. The molecule has 150 valence electrons. The maximum atomic E-state index is 11.7. The molecule has 0 saturated heterocycles. The maximum absolute atomic E-state index is 11.7. The number of hydrogen-bond donors (Lipinski definition) is 1. The standard InChI is InChI=1S/C22H25N5OS/c1-23-21(28)18-10-8-16(9-11-18)14-25(2)15-26-22(29)27(19-6-4-3-5-7-19)20(24-26)17-12-13-17/h3-11,17H,12-15H2,1-2H3,(H,23,28). The average molecular weight is 408 g/mol. The summed E-state index contributed by atoms with van der Waals surface area (Å²) in [4.78, 5) is 13.9. The molecular formula is C22H25N5OS. The molecule has 1 aliphatic rings. The zero-order chi connectivity index (χ0) is 20.4. The third-order valence-electron chi connectivity index (χ3n) is 5.09. The lowest BCUT2D eigenvalue weighted by atomic mass is 10.1. The smallest absolute Gasteiger partial charge is 0.251 e. The highest BCUT2D eigenvalue weighted by atomic mass is 32.1. The van der Waals surface area contributed by atoms with Gasteiger partial charge in [0.25, 0.3) is 5.91 Å². The normalized spacial score (nSPS) is 13.6. The number of nitrogens with one attached hydrogen (secondary N) is 1. The molecule has 1 fully saturated rings. The Bertz CT molecular complexity index is 1050. The minimum absolute atomic E-state index is 0.0738. The zero-order valence-corrected chi connectivity index (χ0v) is 17.5. The van der Waals surface area contributed by atoms with Gasteiger partial charge in [-0.3, -0.25) is 14.3 Å². The van der Waals surface area contributed by atoms with E-state index in [-0.39, 0.29) is 5.91 Å². The van der Waals surface area contributed by atoms with Crippen molar-refractivity contribution in [2.24, 2.45) is 0 Å². The van der Waals surface area contributed by atoms with Gasteiger partial charge in [0.2, 0.25) is 4.77 Å². The van der Waals surface area contributed by atoms with E-state index in [9.17, 15) is 4.79 Å². The SMILES string of the molecule is CNC(=O)c1ccc(CN(C)Cn2nc(C3CC3)n(-c3ccccc3)c2=S)cc1. The van der Waals surface area contributed by atoms with E-state index >= 15 is 0 Å². The monoisotopic (exact) mass is 407 g/mol. The Morgan fingerprint density at radius 3 is 2.48 bits per heavy atom. The first kappa shape index (κ1) is 19.5. The lowest BCUT2D eigenvalue weighted by molar-refractivity contribution is 0.0963. The molecule has 4 rings (SSSR count). The predicted octanol–water partition coefficient (Wildman–Crippen LogP) is 3.73. The Morgan fingerprint density at radius 1 is 1.17 bits per heavy atom. The molecule has 1 N–H and O–H groups in total. The molecule has 0 unspecified atom stereocenters. The first-order chi connectivity index (χ1) is 14.1. The Labute approximate surface area is 175 Å². The van der Waals surface area contributed by atoms with Gasteiger partial charge in [-0.25, -0.2) is 4.68 Å². The van der Waals surface area contributed by atoms with E-state index < -0.39 is 0 Å². The van der Waals surface area contributed by atoms with Crippen LogP contribution in [0.1, 0.15) is 40.5 Å². The first-order valence-corrected chi connectivity index (χ1v) is 10.2. The van der Waals surface area contributed by atoms with E-state index in [2.05, 4.69) is 26.9 Å². The second-order valence-electron chi connectivity index (χ2n) is 7.52. The lowest BCUT2D eigenvalue weighted by Gasteiger charge is -2.16. The van der Waals surface area contributed by atoms with Gasteiger partial charge in [-0.2, -0.15) is 5.10 Å². The van der Waals surface area contributed by atoms with Crippen molar-refractivity contribution in [3.8, 4) is 5.69 Å². The maximum Gasteiger partial charge on any atom is 0.251 e. The van der Waals surface area contributed by atoms with E-state index in [0.717, 1.165) is 28.4 Å². The molecule has 1 aliphatic carbocycles. The summed E-state index contributed by atoms with van der Waals surface area (Å²) < 4.78 is 4.74. The van der Waals surface area contributed by atoms with Gasteiger partial charge in [-0.15, -0.1) is 0 Å². The van der Waals surface area contributed by atoms with Crippen molar-refractivity contribution in [1.82, 2.24) is 24.6 Å². The number of carbonyl (C=O) groups is 1. The summed E-state index contributed by atoms with van der Waals surface area (Å²) in [6, 6.07) is 17.9. The summed E-state index contributed by atoms with van der Waals surface area (Å²) in [6.07, 6.45) is 2.35. The van der Waals surface area contributed by atoms with Gasteiger partial charge in [0.1, 0.15) is 5.82 Å². The molecule has 6 nitrogen and oxygen atoms in total. The largest absolute Gasteiger partial charge is 0.355 e. The Hall–Kier alpha value is -2.77. The molecule has 3 aromatic rings. The quantitative estimate of drug-likeness (QED) is 0.607. The molecule has 1 aromatic heterocycles. The molecule has 0 radical (unpaired) electrons. The number of aromatic nitrogens is 3. The van der Waals surface area contributed by atoms with E-state index in [1.165, 1.54) is 12.8 Å². The number of benzene rings is 2. The summed E-state index contributed by atoms with van der Waals surface area (Å²) >= 11 is 5.78. The van der Waals surface area contributed by atoms with Gasteiger partial charge in [-0.05, 0) is 61.9 Å². The number of amides is 1. The van der Waals surface area contributed by atoms with Crippen LogP contribution in [0.3, 0.4) is 0 Å². The van der Waals surface area contributed by atoms with Crippen molar-refractivity contribution >= 4 is 18.1 Å². The molecule has 1 amide bonds. The highest BCUT2D eigenvalue weighted by Gasteiger charge is 2.30. The average Bonchev–Trinajstić information content (AvgIpc) is 3.53. The molecule has 1 saturated carbocycles. The third kappa shape index (κ3) is 4.31. The van der Waals surface area contributed by atoms with Gasteiger partial charge in [0, 0.05) is 30.8 Å². The van der Waals surface area contributed by atoms with Crippen molar-refractivity contribution in [3.05, 3.63) is 76.3 Å². The molecule has 7 heteroatoms. The Balaban J connectivity index is 1.52. The van der Waals surface area contributed by atoms with E-state index in [1.54, 1.807) is 7.05 Å². The van der Waals surface area contributed by atoms with Gasteiger partial charge in [-0.1, -0.05) is 30.3 Å². The molecular weight excluding hydrogens is 382 g/mol. The summed E-state index contributed by atoms with van der Waals surface area (Å²) in [5.41, 5.74) is 2.87. The minimum atomic E-state index is -0.0738. The summed E-state index contributed by atoms with van der Waals surface area (Å²) in [5.74, 6) is 1.49. The summed E-state index contributed by atoms with van der Waals surface area (Å²) in [5, 5.41) is 7.50. The van der Waals surface area contributed by atoms with Gasteiger partial charge < -0.3 is 5.32 Å². The molecule has 2 aromatic carbocycles. The van der Waals surface area contributed by atoms with Crippen molar-refractivity contribution in [1.29, 1.82) is 0 Å². The van der Waals surface area contributed by atoms with Gasteiger partial charge in [0.15, 0.2) is 0 Å². The molecule has 0 spiro atoms. The molecule has 0 atom stereocenters. The lowest BCUT2D eigenvalue weighted by Crippen LogP contribution is -2.23. The van der Waals surface area contributed by atoms with Crippen molar-refractivity contribution in [2.75, 3.05) is 14.1 Å². The molecule has 0 aliphatic heterocycles. The van der Waals surface area contributed by atoms with Crippen LogP contribution in [0.2, 0.25) is 0 Å². The van der Waals surface area contributed by atoms with Crippen molar-refractivity contribution in [2.45, 2.75) is 32.0 Å². The van der Waals surface area contributed by atoms with Crippen LogP contribution in [-0.4, -0.2) is 39.3 Å². The summed E-state index contributed by atoms with van der Waals surface area (Å²) in [6.45, 7) is 1.35. The topological polar surface area (TPSA) is 55.1 Å². The fourth-order valence-corrected chi connectivity index (χ4v) is 3.74. The molecule has 1 heterocycles. The summed E-state index contributed by atoms with van der Waals surface area (Å²) in [7, 11) is 3.69. The third-order valence-corrected chi connectivity index (χ3v) is 5.49. The van der Waals surface area contributed by atoms with Gasteiger partial charge in [0.05, 0.1) is 6.67 Å². The van der Waals surface area contributed by atoms with Crippen LogP contribution in [0.4, 0.5) is 0 Å². The van der Waals surface area contributed by atoms with Crippen LogP contribution in [0.5, 0.6) is 0 Å². The van der Waals surface area contributed by atoms with Gasteiger partial charge >= 0.3 is 0 Å². The fourth-order valence-electron chi connectivity index (χ4n) is 3.44. The number of nitrogens with zero attached hydrogens (tertiary/aromatic N) is 4. The van der Waals surface area contributed by atoms with Crippen LogP contribution in [0.15, 0.2) is 54.6 Å². The van der Waals surface area contributed by atoms with E-state index in [4.69, 9.17) is 17.3 Å². The number of rotatable bonds is 7. The van der Waals surface area contributed by atoms with Crippen molar-refractivity contribution in [3.63, 3.8) is 0 Å². The van der Waals surface area contributed by atoms with E-state index in [0.29, 0.717) is 18.2 Å². The van der Waals surface area contributed by atoms with Crippen molar-refractivity contribution < 1.29 is 4.79 Å². The fraction of sp³-hybridized carbons (Fsp3) is 0.318. The van der Waals surface area contributed by atoms with Crippen LogP contribution >= 0.6 is 12.2 Å². The second kappa shape index (κ2) is 8.31. The van der Waals surface area contributed by atoms with Crippen LogP contribution in [0, 0.1) is 4.77 Å². The van der Waals surface area contributed by atoms with E-state index in [1.807, 2.05) is 54.2 Å². The molecule has 0 bridgehead atoms. The minimum Gasteiger partial charge on any atom is -0.355 e. The number of hydrogen-bond acceptors (Lipinski definition) is 4. The van der Waals surface area contributed by atoms with Crippen LogP contribution in [-0.2, 0) is 13.2 Å². The predicted molar refractivity (Wildman–Crippen MR) is 116 cm³/mol. The Morgan fingerprint density at radius 2 is 1.86 bits per heavy atom. The zero-order valence-electron chi connectivity index (χ0n) is 16.7. The van der Waals surface area contributed by atoms with Crippen LogP contribution < -0.4 is 5.32 Å². The first-order valence-electron chi connectivity index (χ1n) is 9.81. The highest BCUT2D eigenvalue weighted by molar-refractivity contribution is 7.71. The number of para-hydroxylation sites is 1. The highest BCUT2D eigenvalue weighted by Crippen LogP contribution is 2.40.